The highest BCUT2D eigenvalue weighted by molar-refractivity contribution is 5.84. The van der Waals surface area contributed by atoms with Crippen LogP contribution in [0.4, 0.5) is 0 Å². The van der Waals surface area contributed by atoms with Crippen LogP contribution in [-0.2, 0) is 0 Å². The van der Waals surface area contributed by atoms with Gasteiger partial charge in [0, 0.05) is 11.1 Å². The molecule has 0 heterocycles. The molecule has 0 spiro atoms. The van der Waals surface area contributed by atoms with Crippen molar-refractivity contribution in [2.24, 2.45) is 0 Å². The van der Waals surface area contributed by atoms with Gasteiger partial charge in [0.2, 0.25) is 0 Å². The Labute approximate surface area is 124 Å². The van der Waals surface area contributed by atoms with E-state index in [1.165, 1.54) is 0 Å². The van der Waals surface area contributed by atoms with E-state index in [1.807, 2.05) is 43.3 Å². The second-order valence-electron chi connectivity index (χ2n) is 4.41. The van der Waals surface area contributed by atoms with Gasteiger partial charge in [-0.3, -0.25) is 4.79 Å². The average Bonchev–Trinajstić information content (AvgIpc) is 2.54. The highest BCUT2D eigenvalue weighted by atomic mass is 16.5. The minimum absolute atomic E-state index is 0.375. The molecule has 0 aliphatic carbocycles. The zero-order valence-electron chi connectivity index (χ0n) is 12.0. The molecule has 2 aromatic carbocycles. The molecule has 0 aliphatic rings. The summed E-state index contributed by atoms with van der Waals surface area (Å²) < 4.78 is 11.4. The van der Waals surface area contributed by atoms with E-state index >= 15 is 0 Å². The lowest BCUT2D eigenvalue weighted by Gasteiger charge is -2.16. The Morgan fingerprint density at radius 2 is 1.90 bits per heavy atom. The maximum Gasteiger partial charge on any atom is 0.169 e. The second kappa shape index (κ2) is 7.29. The summed E-state index contributed by atoms with van der Waals surface area (Å²) in [7, 11) is 0. The van der Waals surface area contributed by atoms with Gasteiger partial charge in [-0.2, -0.15) is 0 Å². The molecule has 3 nitrogen and oxygen atoms in total. The molecule has 0 bridgehead atoms. The summed E-state index contributed by atoms with van der Waals surface area (Å²) in [5.41, 5.74) is 2.37. The number of rotatable bonds is 7. The largest absolute Gasteiger partial charge is 0.490 e. The third-order valence-corrected chi connectivity index (χ3v) is 2.94. The van der Waals surface area contributed by atoms with Crippen molar-refractivity contribution in [3.05, 3.63) is 60.7 Å². The summed E-state index contributed by atoms with van der Waals surface area (Å²) in [6.07, 6.45) is 2.49. The number of aldehydes is 1. The molecule has 0 amide bonds. The lowest BCUT2D eigenvalue weighted by atomic mass is 10.0. The maximum absolute atomic E-state index is 11.2. The topological polar surface area (TPSA) is 35.5 Å². The summed E-state index contributed by atoms with van der Waals surface area (Å²) in [5, 5.41) is 0. The molecule has 2 aromatic rings. The Kier molecular flexibility index (Phi) is 5.16. The van der Waals surface area contributed by atoms with Gasteiger partial charge in [-0.1, -0.05) is 43.0 Å². The fourth-order valence-electron chi connectivity index (χ4n) is 2.08. The monoisotopic (exact) mass is 282 g/mol. The fraction of sp³-hybridized carbons (Fsp3) is 0.167. The summed E-state index contributed by atoms with van der Waals surface area (Å²) in [5.74, 6) is 1.20. The zero-order valence-corrected chi connectivity index (χ0v) is 12.0. The van der Waals surface area contributed by atoms with Crippen molar-refractivity contribution in [3.63, 3.8) is 0 Å². The molecule has 0 N–H and O–H groups in total. The van der Waals surface area contributed by atoms with E-state index in [0.29, 0.717) is 30.3 Å². The van der Waals surface area contributed by atoms with Crippen LogP contribution in [0.2, 0.25) is 0 Å². The Balaban J connectivity index is 2.60. The SMILES string of the molecule is C=CCOc1c(OCC)cc(C=O)cc1-c1ccccc1. The number of carbonyl (C=O) groups is 1. The number of ether oxygens (including phenoxy) is 2. The average molecular weight is 282 g/mol. The van der Waals surface area contributed by atoms with Crippen molar-refractivity contribution in [2.45, 2.75) is 6.92 Å². The highest BCUT2D eigenvalue weighted by Gasteiger charge is 2.15. The smallest absolute Gasteiger partial charge is 0.169 e. The molecular weight excluding hydrogens is 264 g/mol. The Hall–Kier alpha value is -2.55. The highest BCUT2D eigenvalue weighted by Crippen LogP contribution is 2.39. The van der Waals surface area contributed by atoms with Gasteiger partial charge < -0.3 is 9.47 Å². The third kappa shape index (κ3) is 3.51. The molecule has 0 fully saturated rings. The van der Waals surface area contributed by atoms with Gasteiger partial charge in [0.25, 0.3) is 0 Å². The van der Waals surface area contributed by atoms with Gasteiger partial charge in [-0.15, -0.1) is 0 Å². The molecule has 3 heteroatoms. The van der Waals surface area contributed by atoms with Crippen molar-refractivity contribution in [1.29, 1.82) is 0 Å². The molecule has 0 saturated heterocycles. The summed E-state index contributed by atoms with van der Waals surface area (Å²) in [6, 6.07) is 13.3. The van der Waals surface area contributed by atoms with Crippen LogP contribution in [0.5, 0.6) is 11.5 Å². The van der Waals surface area contributed by atoms with E-state index in [4.69, 9.17) is 9.47 Å². The molecule has 0 unspecified atom stereocenters. The molecule has 0 radical (unpaired) electrons. The van der Waals surface area contributed by atoms with Crippen LogP contribution in [0.15, 0.2) is 55.1 Å². The lowest BCUT2D eigenvalue weighted by Crippen LogP contribution is -2.02. The Morgan fingerprint density at radius 1 is 1.14 bits per heavy atom. The lowest BCUT2D eigenvalue weighted by molar-refractivity contribution is 0.112. The molecule has 0 aliphatic heterocycles. The Morgan fingerprint density at radius 3 is 2.52 bits per heavy atom. The minimum Gasteiger partial charge on any atom is -0.490 e. The van der Waals surface area contributed by atoms with E-state index in [0.717, 1.165) is 17.4 Å². The van der Waals surface area contributed by atoms with Gasteiger partial charge in [0.15, 0.2) is 11.5 Å². The number of carbonyl (C=O) groups excluding carboxylic acids is 1. The molecule has 0 atom stereocenters. The molecule has 21 heavy (non-hydrogen) atoms. The predicted molar refractivity (Wildman–Crippen MR) is 84.1 cm³/mol. The third-order valence-electron chi connectivity index (χ3n) is 2.94. The van der Waals surface area contributed by atoms with E-state index in [2.05, 4.69) is 6.58 Å². The van der Waals surface area contributed by atoms with E-state index < -0.39 is 0 Å². The first-order valence-corrected chi connectivity index (χ1v) is 6.85. The first-order valence-electron chi connectivity index (χ1n) is 6.85. The predicted octanol–water partition coefficient (Wildman–Crippen LogP) is 4.13. The van der Waals surface area contributed by atoms with Crippen LogP contribution in [0.3, 0.4) is 0 Å². The summed E-state index contributed by atoms with van der Waals surface area (Å²) in [6.45, 7) is 6.44. The molecule has 108 valence electrons. The van der Waals surface area contributed by atoms with E-state index in [-0.39, 0.29) is 0 Å². The van der Waals surface area contributed by atoms with Gasteiger partial charge in [0.05, 0.1) is 6.61 Å². The van der Waals surface area contributed by atoms with Crippen molar-refractivity contribution < 1.29 is 14.3 Å². The zero-order chi connectivity index (χ0) is 15.1. The van der Waals surface area contributed by atoms with Gasteiger partial charge >= 0.3 is 0 Å². The van der Waals surface area contributed by atoms with Crippen LogP contribution in [0.1, 0.15) is 17.3 Å². The minimum atomic E-state index is 0.375. The van der Waals surface area contributed by atoms with Crippen LogP contribution < -0.4 is 9.47 Å². The van der Waals surface area contributed by atoms with Gasteiger partial charge in [0.1, 0.15) is 12.9 Å². The van der Waals surface area contributed by atoms with Gasteiger partial charge in [-0.25, -0.2) is 0 Å². The molecule has 0 saturated carbocycles. The van der Waals surface area contributed by atoms with Crippen LogP contribution in [-0.4, -0.2) is 19.5 Å². The number of hydrogen-bond acceptors (Lipinski definition) is 3. The number of hydrogen-bond donors (Lipinski definition) is 0. The summed E-state index contributed by atoms with van der Waals surface area (Å²) in [4.78, 5) is 11.2. The van der Waals surface area contributed by atoms with Crippen molar-refractivity contribution in [3.8, 4) is 22.6 Å². The van der Waals surface area contributed by atoms with Crippen molar-refractivity contribution >= 4 is 6.29 Å². The maximum atomic E-state index is 11.2. The van der Waals surface area contributed by atoms with E-state index in [9.17, 15) is 4.79 Å². The van der Waals surface area contributed by atoms with E-state index in [1.54, 1.807) is 12.1 Å². The second-order valence-corrected chi connectivity index (χ2v) is 4.41. The first-order chi connectivity index (χ1) is 10.3. The van der Waals surface area contributed by atoms with Crippen LogP contribution in [0, 0.1) is 0 Å². The first kappa shape index (κ1) is 14.9. The molecule has 2 rings (SSSR count). The molecule has 0 aromatic heterocycles. The molecular formula is C18H18O3. The number of benzene rings is 2. The fourth-order valence-corrected chi connectivity index (χ4v) is 2.08. The van der Waals surface area contributed by atoms with Crippen molar-refractivity contribution in [1.82, 2.24) is 0 Å². The quantitative estimate of drug-likeness (QED) is 0.566. The van der Waals surface area contributed by atoms with Crippen LogP contribution in [0.25, 0.3) is 11.1 Å². The van der Waals surface area contributed by atoms with Crippen molar-refractivity contribution in [2.75, 3.05) is 13.2 Å². The van der Waals surface area contributed by atoms with Crippen LogP contribution >= 0.6 is 0 Å². The summed E-state index contributed by atoms with van der Waals surface area (Å²) >= 11 is 0. The standard InChI is InChI=1S/C18H18O3/c1-3-10-21-18-16(15-8-6-5-7-9-15)11-14(13-19)12-17(18)20-4-2/h3,5-9,11-13H,1,4,10H2,2H3. The van der Waals surface area contributed by atoms with Gasteiger partial charge in [-0.05, 0) is 24.6 Å². The normalized spacial score (nSPS) is 9.95. The Bertz CT molecular complexity index is 618.